The minimum atomic E-state index is -0.895. The van der Waals surface area contributed by atoms with Gasteiger partial charge in [-0.05, 0) is 42.2 Å². The first-order valence-corrected chi connectivity index (χ1v) is 7.92. The fourth-order valence-corrected chi connectivity index (χ4v) is 2.38. The molecule has 0 aliphatic carbocycles. The number of rotatable bonds is 7. The zero-order valence-corrected chi connectivity index (χ0v) is 13.5. The predicted octanol–water partition coefficient (Wildman–Crippen LogP) is 3.38. The average molecular weight is 333 g/mol. The molecule has 2 unspecified atom stereocenters. The van der Waals surface area contributed by atoms with E-state index in [9.17, 15) is 18.7 Å². The summed E-state index contributed by atoms with van der Waals surface area (Å²) in [4.78, 5) is 12.1. The van der Waals surface area contributed by atoms with E-state index in [2.05, 4.69) is 5.32 Å². The lowest BCUT2D eigenvalue weighted by molar-refractivity contribution is -0.125. The topological polar surface area (TPSA) is 49.3 Å². The molecule has 0 aliphatic heterocycles. The van der Waals surface area contributed by atoms with Gasteiger partial charge in [-0.3, -0.25) is 4.79 Å². The smallest absolute Gasteiger partial charge is 0.222 e. The molecule has 0 fully saturated rings. The molecular formula is C19H21F2NO2. The highest BCUT2D eigenvalue weighted by molar-refractivity contribution is 5.78. The van der Waals surface area contributed by atoms with E-state index in [4.69, 9.17) is 0 Å². The third kappa shape index (κ3) is 5.13. The lowest BCUT2D eigenvalue weighted by atomic mass is 10.00. The number of benzene rings is 2. The Bertz CT molecular complexity index is 673. The van der Waals surface area contributed by atoms with Crippen molar-refractivity contribution in [2.75, 3.05) is 6.54 Å². The molecule has 5 heteroatoms. The fourth-order valence-electron chi connectivity index (χ4n) is 2.38. The molecular weight excluding hydrogens is 312 g/mol. The fraction of sp³-hybridized carbons (Fsp3) is 0.316. The van der Waals surface area contributed by atoms with Gasteiger partial charge in [0.1, 0.15) is 11.6 Å². The van der Waals surface area contributed by atoms with Crippen LogP contribution < -0.4 is 5.32 Å². The minimum absolute atomic E-state index is 0.0501. The lowest BCUT2D eigenvalue weighted by Gasteiger charge is -2.15. The van der Waals surface area contributed by atoms with Crippen LogP contribution in [-0.2, 0) is 11.2 Å². The quantitative estimate of drug-likeness (QED) is 0.816. The van der Waals surface area contributed by atoms with Crippen LogP contribution in [0.3, 0.4) is 0 Å². The second kappa shape index (κ2) is 8.55. The van der Waals surface area contributed by atoms with Gasteiger partial charge in [0, 0.05) is 12.5 Å². The number of halogens is 2. The number of hydrogen-bond acceptors (Lipinski definition) is 2. The van der Waals surface area contributed by atoms with Crippen LogP contribution in [0.5, 0.6) is 0 Å². The molecule has 0 heterocycles. The van der Waals surface area contributed by atoms with Gasteiger partial charge < -0.3 is 10.4 Å². The molecule has 1 amide bonds. The summed E-state index contributed by atoms with van der Waals surface area (Å²) in [5.41, 5.74) is 1.12. The second-order valence-electron chi connectivity index (χ2n) is 5.84. The molecule has 0 saturated carbocycles. The van der Waals surface area contributed by atoms with Gasteiger partial charge in [0.25, 0.3) is 0 Å². The highest BCUT2D eigenvalue weighted by Crippen LogP contribution is 2.15. The Hall–Kier alpha value is -2.27. The first kappa shape index (κ1) is 18.1. The van der Waals surface area contributed by atoms with Gasteiger partial charge in [-0.25, -0.2) is 8.78 Å². The zero-order chi connectivity index (χ0) is 17.5. The van der Waals surface area contributed by atoms with Crippen LogP contribution in [0.1, 0.15) is 30.6 Å². The molecule has 0 aliphatic rings. The Balaban J connectivity index is 1.79. The van der Waals surface area contributed by atoms with E-state index >= 15 is 0 Å². The SMILES string of the molecule is CC(CCc1ccccc1F)C(=O)NCC(O)c1ccc(F)cc1. The van der Waals surface area contributed by atoms with Gasteiger partial charge in [0.2, 0.25) is 5.91 Å². The van der Waals surface area contributed by atoms with Crippen molar-refractivity contribution in [2.45, 2.75) is 25.9 Å². The Kier molecular flexibility index (Phi) is 6.44. The van der Waals surface area contributed by atoms with Crippen LogP contribution >= 0.6 is 0 Å². The van der Waals surface area contributed by atoms with E-state index in [1.807, 2.05) is 0 Å². The maximum atomic E-state index is 13.6. The highest BCUT2D eigenvalue weighted by Gasteiger charge is 2.16. The maximum absolute atomic E-state index is 13.6. The zero-order valence-electron chi connectivity index (χ0n) is 13.5. The summed E-state index contributed by atoms with van der Waals surface area (Å²) in [6.45, 7) is 1.81. The van der Waals surface area contributed by atoms with Crippen molar-refractivity contribution in [1.82, 2.24) is 5.32 Å². The molecule has 2 atom stereocenters. The number of aliphatic hydroxyl groups is 1. The maximum Gasteiger partial charge on any atom is 0.222 e. The van der Waals surface area contributed by atoms with Crippen LogP contribution in [0.2, 0.25) is 0 Å². The Morgan fingerprint density at radius 3 is 2.46 bits per heavy atom. The van der Waals surface area contributed by atoms with Crippen molar-refractivity contribution in [3.05, 3.63) is 71.3 Å². The molecule has 0 radical (unpaired) electrons. The first-order valence-electron chi connectivity index (χ1n) is 7.92. The van der Waals surface area contributed by atoms with Crippen molar-refractivity contribution in [2.24, 2.45) is 5.92 Å². The van der Waals surface area contributed by atoms with Crippen LogP contribution in [-0.4, -0.2) is 17.6 Å². The minimum Gasteiger partial charge on any atom is -0.387 e. The van der Waals surface area contributed by atoms with Crippen molar-refractivity contribution in [3.8, 4) is 0 Å². The number of nitrogens with one attached hydrogen (secondary N) is 1. The highest BCUT2D eigenvalue weighted by atomic mass is 19.1. The first-order chi connectivity index (χ1) is 11.5. The monoisotopic (exact) mass is 333 g/mol. The molecule has 2 aromatic rings. The lowest BCUT2D eigenvalue weighted by Crippen LogP contribution is -2.33. The summed E-state index contributed by atoms with van der Waals surface area (Å²) in [6, 6.07) is 12.0. The van der Waals surface area contributed by atoms with Crippen molar-refractivity contribution >= 4 is 5.91 Å². The van der Waals surface area contributed by atoms with E-state index in [0.29, 0.717) is 24.0 Å². The summed E-state index contributed by atoms with van der Waals surface area (Å²) >= 11 is 0. The van der Waals surface area contributed by atoms with E-state index in [-0.39, 0.29) is 30.0 Å². The number of aryl methyl sites for hydroxylation is 1. The van der Waals surface area contributed by atoms with Crippen molar-refractivity contribution in [3.63, 3.8) is 0 Å². The summed E-state index contributed by atoms with van der Waals surface area (Å²) in [7, 11) is 0. The third-order valence-electron chi connectivity index (χ3n) is 3.98. The molecule has 0 saturated heterocycles. The summed E-state index contributed by atoms with van der Waals surface area (Å²) < 4.78 is 26.4. The number of carbonyl (C=O) groups excluding carboxylic acids is 1. The van der Waals surface area contributed by atoms with E-state index in [1.54, 1.807) is 25.1 Å². The Morgan fingerprint density at radius 1 is 1.12 bits per heavy atom. The third-order valence-corrected chi connectivity index (χ3v) is 3.98. The van der Waals surface area contributed by atoms with E-state index in [1.165, 1.54) is 30.3 Å². The Morgan fingerprint density at radius 2 is 1.79 bits per heavy atom. The Labute approximate surface area is 140 Å². The van der Waals surface area contributed by atoms with Crippen molar-refractivity contribution < 1.29 is 18.7 Å². The van der Waals surface area contributed by atoms with Gasteiger partial charge in [-0.15, -0.1) is 0 Å². The largest absolute Gasteiger partial charge is 0.387 e. The molecule has 2 rings (SSSR count). The molecule has 3 nitrogen and oxygen atoms in total. The normalized spacial score (nSPS) is 13.3. The molecule has 0 bridgehead atoms. The number of carbonyl (C=O) groups is 1. The molecule has 24 heavy (non-hydrogen) atoms. The molecule has 0 aromatic heterocycles. The summed E-state index contributed by atoms with van der Waals surface area (Å²) in [5.74, 6) is -1.15. The van der Waals surface area contributed by atoms with Gasteiger partial charge in [0.05, 0.1) is 6.10 Å². The molecule has 0 spiro atoms. The van der Waals surface area contributed by atoms with Gasteiger partial charge >= 0.3 is 0 Å². The van der Waals surface area contributed by atoms with Gasteiger partial charge in [-0.2, -0.15) is 0 Å². The molecule has 2 N–H and O–H groups in total. The van der Waals surface area contributed by atoms with Gasteiger partial charge in [-0.1, -0.05) is 37.3 Å². The summed E-state index contributed by atoms with van der Waals surface area (Å²) in [5, 5.41) is 12.7. The van der Waals surface area contributed by atoms with Gasteiger partial charge in [0.15, 0.2) is 0 Å². The average Bonchev–Trinajstić information content (AvgIpc) is 2.59. The van der Waals surface area contributed by atoms with Crippen LogP contribution in [0.15, 0.2) is 48.5 Å². The summed E-state index contributed by atoms with van der Waals surface area (Å²) in [6.07, 6.45) is 0.0922. The standard InChI is InChI=1S/C19H21F2NO2/c1-13(6-7-14-4-2-3-5-17(14)21)19(24)22-12-18(23)15-8-10-16(20)11-9-15/h2-5,8-11,13,18,23H,6-7,12H2,1H3,(H,22,24). The van der Waals surface area contributed by atoms with Crippen LogP contribution in [0.25, 0.3) is 0 Å². The number of hydrogen-bond donors (Lipinski definition) is 2. The van der Waals surface area contributed by atoms with Crippen molar-refractivity contribution in [1.29, 1.82) is 0 Å². The van der Waals surface area contributed by atoms with E-state index < -0.39 is 6.10 Å². The number of aliphatic hydroxyl groups excluding tert-OH is 1. The molecule has 128 valence electrons. The number of amides is 1. The van der Waals surface area contributed by atoms with Crippen LogP contribution in [0.4, 0.5) is 8.78 Å². The van der Waals surface area contributed by atoms with E-state index in [0.717, 1.165) is 0 Å². The molecule has 2 aromatic carbocycles. The predicted molar refractivity (Wildman–Crippen MR) is 88.3 cm³/mol. The second-order valence-corrected chi connectivity index (χ2v) is 5.84. The van der Waals surface area contributed by atoms with Crippen LogP contribution in [0, 0.1) is 17.6 Å².